The maximum atomic E-state index is 13.4. The molecule has 2 heterocycles. The highest BCUT2D eigenvalue weighted by atomic mass is 32.1. The summed E-state index contributed by atoms with van der Waals surface area (Å²) in [6.07, 6.45) is 3.31. The van der Waals surface area contributed by atoms with Crippen LogP contribution in [0.2, 0.25) is 0 Å². The molecule has 2 amide bonds. The summed E-state index contributed by atoms with van der Waals surface area (Å²) in [5, 5.41) is 2.12. The predicted octanol–water partition coefficient (Wildman–Crippen LogP) is 4.90. The molecule has 0 aliphatic carbocycles. The normalized spacial score (nSPS) is 16.0. The molecule has 3 rings (SSSR count). The molecule has 0 unspecified atom stereocenters. The number of amides is 2. The van der Waals surface area contributed by atoms with Gasteiger partial charge in [-0.3, -0.25) is 9.59 Å². The summed E-state index contributed by atoms with van der Waals surface area (Å²) in [7, 11) is 0. The minimum Gasteiger partial charge on any atom is -0.333 e. The van der Waals surface area contributed by atoms with Gasteiger partial charge in [0.2, 0.25) is 11.8 Å². The van der Waals surface area contributed by atoms with E-state index in [1.807, 2.05) is 36.9 Å². The van der Waals surface area contributed by atoms with Crippen molar-refractivity contribution in [2.24, 2.45) is 5.92 Å². The lowest BCUT2D eigenvalue weighted by Gasteiger charge is -2.37. The van der Waals surface area contributed by atoms with Crippen molar-refractivity contribution in [1.29, 1.82) is 0 Å². The smallest absolute Gasteiger partial charge is 0.242 e. The lowest BCUT2D eigenvalue weighted by molar-refractivity contribution is -0.142. The summed E-state index contributed by atoms with van der Waals surface area (Å²) in [4.78, 5) is 31.3. The molecular formula is C24H32N2O2S. The van der Waals surface area contributed by atoms with Gasteiger partial charge in [-0.15, -0.1) is 11.3 Å². The molecule has 156 valence electrons. The van der Waals surface area contributed by atoms with Crippen molar-refractivity contribution in [1.82, 2.24) is 9.80 Å². The molecule has 0 saturated carbocycles. The standard InChI is InChI=1S/C24H32N2O2S/c1-4-5-13-25(22(27)16-18(2)3)17-23(28)26-14-11-21-20(12-15-29-21)24(26)19-9-7-6-8-10-19/h6-10,12,15,18,24H,4-5,11,13-14,16-17H2,1-3H3/t24-/m1/s1. The summed E-state index contributed by atoms with van der Waals surface area (Å²) in [6.45, 7) is 7.74. The Balaban J connectivity index is 1.82. The van der Waals surface area contributed by atoms with E-state index in [0.717, 1.165) is 24.8 Å². The van der Waals surface area contributed by atoms with Crippen LogP contribution in [0.3, 0.4) is 0 Å². The Labute approximate surface area is 178 Å². The van der Waals surface area contributed by atoms with Gasteiger partial charge in [0.15, 0.2) is 0 Å². The highest BCUT2D eigenvalue weighted by molar-refractivity contribution is 7.10. The molecule has 1 aromatic carbocycles. The first-order valence-corrected chi connectivity index (χ1v) is 11.6. The van der Waals surface area contributed by atoms with Crippen molar-refractivity contribution in [2.45, 2.75) is 52.5 Å². The van der Waals surface area contributed by atoms with E-state index in [2.05, 4.69) is 30.5 Å². The second kappa shape index (κ2) is 10.1. The molecule has 0 fully saturated rings. The number of benzene rings is 1. The zero-order chi connectivity index (χ0) is 20.8. The van der Waals surface area contributed by atoms with Crippen LogP contribution in [0.1, 0.15) is 62.1 Å². The molecule has 0 N–H and O–H groups in total. The van der Waals surface area contributed by atoms with Gasteiger partial charge in [-0.2, -0.15) is 0 Å². The fraction of sp³-hybridized carbons (Fsp3) is 0.500. The van der Waals surface area contributed by atoms with E-state index in [1.54, 1.807) is 16.2 Å². The third-order valence-electron chi connectivity index (χ3n) is 5.44. The maximum Gasteiger partial charge on any atom is 0.242 e. The summed E-state index contributed by atoms with van der Waals surface area (Å²) in [5.74, 6) is 0.428. The summed E-state index contributed by atoms with van der Waals surface area (Å²) in [5.41, 5.74) is 2.36. The van der Waals surface area contributed by atoms with Crippen LogP contribution in [0.4, 0.5) is 0 Å². The van der Waals surface area contributed by atoms with Crippen molar-refractivity contribution in [3.05, 3.63) is 57.8 Å². The highest BCUT2D eigenvalue weighted by Crippen LogP contribution is 2.37. The molecule has 1 aliphatic rings. The average molecular weight is 413 g/mol. The van der Waals surface area contributed by atoms with Gasteiger partial charge in [0, 0.05) is 24.4 Å². The highest BCUT2D eigenvalue weighted by Gasteiger charge is 2.33. The number of carbonyl (C=O) groups is 2. The number of hydrogen-bond donors (Lipinski definition) is 0. The van der Waals surface area contributed by atoms with E-state index in [4.69, 9.17) is 0 Å². The number of thiophene rings is 1. The Morgan fingerprint density at radius 3 is 2.66 bits per heavy atom. The van der Waals surface area contributed by atoms with Crippen molar-refractivity contribution >= 4 is 23.2 Å². The monoisotopic (exact) mass is 412 g/mol. The number of unbranched alkanes of at least 4 members (excludes halogenated alkanes) is 1. The van der Waals surface area contributed by atoms with Gasteiger partial charge >= 0.3 is 0 Å². The van der Waals surface area contributed by atoms with Crippen molar-refractivity contribution in [2.75, 3.05) is 19.6 Å². The Morgan fingerprint density at radius 2 is 1.97 bits per heavy atom. The predicted molar refractivity (Wildman–Crippen MR) is 119 cm³/mol. The van der Waals surface area contributed by atoms with Crippen molar-refractivity contribution in [3.63, 3.8) is 0 Å². The Kier molecular flexibility index (Phi) is 7.48. The number of carbonyl (C=O) groups excluding carboxylic acids is 2. The first-order valence-electron chi connectivity index (χ1n) is 10.7. The van der Waals surface area contributed by atoms with Gasteiger partial charge < -0.3 is 9.80 Å². The van der Waals surface area contributed by atoms with Gasteiger partial charge in [-0.25, -0.2) is 0 Å². The average Bonchev–Trinajstić information content (AvgIpc) is 3.19. The largest absolute Gasteiger partial charge is 0.333 e. The molecule has 0 saturated heterocycles. The lowest BCUT2D eigenvalue weighted by atomic mass is 9.93. The molecule has 0 radical (unpaired) electrons. The fourth-order valence-corrected chi connectivity index (χ4v) is 4.86. The fourth-order valence-electron chi connectivity index (χ4n) is 3.95. The number of nitrogens with zero attached hydrogens (tertiary/aromatic N) is 2. The van der Waals surface area contributed by atoms with Crippen LogP contribution in [0.15, 0.2) is 41.8 Å². The first kappa shape index (κ1) is 21.6. The molecule has 2 aromatic rings. The Morgan fingerprint density at radius 1 is 1.21 bits per heavy atom. The van der Waals surface area contributed by atoms with Gasteiger partial charge in [-0.05, 0) is 41.3 Å². The van der Waals surface area contributed by atoms with Crippen LogP contribution in [-0.4, -0.2) is 41.2 Å². The second-order valence-corrected chi connectivity index (χ2v) is 9.22. The molecule has 29 heavy (non-hydrogen) atoms. The molecule has 4 nitrogen and oxygen atoms in total. The Hall–Kier alpha value is -2.14. The summed E-state index contributed by atoms with van der Waals surface area (Å²) >= 11 is 1.77. The molecule has 1 aliphatic heterocycles. The summed E-state index contributed by atoms with van der Waals surface area (Å²) in [6, 6.07) is 12.3. The van der Waals surface area contributed by atoms with Crippen LogP contribution in [0.5, 0.6) is 0 Å². The molecule has 1 atom stereocenters. The van der Waals surface area contributed by atoms with Gasteiger partial charge in [-0.1, -0.05) is 57.5 Å². The molecule has 5 heteroatoms. The van der Waals surface area contributed by atoms with Crippen LogP contribution < -0.4 is 0 Å². The number of hydrogen-bond acceptors (Lipinski definition) is 3. The van der Waals surface area contributed by atoms with Crippen LogP contribution in [-0.2, 0) is 16.0 Å². The third kappa shape index (κ3) is 5.27. The second-order valence-electron chi connectivity index (χ2n) is 8.22. The zero-order valence-electron chi connectivity index (χ0n) is 17.8. The van der Waals surface area contributed by atoms with Gasteiger partial charge in [0.25, 0.3) is 0 Å². The van der Waals surface area contributed by atoms with E-state index >= 15 is 0 Å². The lowest BCUT2D eigenvalue weighted by Crippen LogP contribution is -2.47. The SMILES string of the molecule is CCCCN(CC(=O)N1CCc2sccc2[C@H]1c1ccccc1)C(=O)CC(C)C. The van der Waals surface area contributed by atoms with Crippen LogP contribution in [0.25, 0.3) is 0 Å². The third-order valence-corrected chi connectivity index (χ3v) is 6.44. The van der Waals surface area contributed by atoms with E-state index < -0.39 is 0 Å². The van der Waals surface area contributed by atoms with Crippen molar-refractivity contribution < 1.29 is 9.59 Å². The quantitative estimate of drug-likeness (QED) is 0.619. The van der Waals surface area contributed by atoms with Crippen molar-refractivity contribution in [3.8, 4) is 0 Å². The minimum absolute atomic E-state index is 0.0453. The number of fused-ring (bicyclic) bond motifs is 1. The Bertz CT molecular complexity index is 815. The van der Waals surface area contributed by atoms with Crippen LogP contribution >= 0.6 is 11.3 Å². The maximum absolute atomic E-state index is 13.4. The first-order chi connectivity index (χ1) is 14.0. The zero-order valence-corrected chi connectivity index (χ0v) is 18.6. The van der Waals surface area contributed by atoms with Gasteiger partial charge in [0.1, 0.15) is 0 Å². The minimum atomic E-state index is -0.0630. The molecule has 1 aromatic heterocycles. The topological polar surface area (TPSA) is 40.6 Å². The van der Waals surface area contributed by atoms with E-state index in [0.29, 0.717) is 25.4 Å². The van der Waals surface area contributed by atoms with Crippen LogP contribution in [0, 0.1) is 5.92 Å². The van der Waals surface area contributed by atoms with E-state index in [-0.39, 0.29) is 24.4 Å². The summed E-state index contributed by atoms with van der Waals surface area (Å²) < 4.78 is 0. The molecule has 0 bridgehead atoms. The molecule has 0 spiro atoms. The van der Waals surface area contributed by atoms with E-state index in [1.165, 1.54) is 10.4 Å². The van der Waals surface area contributed by atoms with Gasteiger partial charge in [0.05, 0.1) is 12.6 Å². The van der Waals surface area contributed by atoms with E-state index in [9.17, 15) is 9.59 Å². The molecular weight excluding hydrogens is 380 g/mol. The number of rotatable bonds is 8.